The van der Waals surface area contributed by atoms with E-state index in [-0.39, 0.29) is 24.9 Å². The van der Waals surface area contributed by atoms with Gasteiger partial charge in [-0.2, -0.15) is 0 Å². The molecule has 10 rings (SSSR count). The fraction of sp³-hybridized carbons (Fsp3) is 0.302. The predicted molar refractivity (Wildman–Crippen MR) is 245 cm³/mol. The molecule has 5 heterocycles. The molecule has 2 N–H and O–H groups in total. The number of rotatable bonds is 9. The molecule has 0 bridgehead atoms. The Morgan fingerprint density at radius 3 is 2.15 bits per heavy atom. The van der Waals surface area contributed by atoms with Crippen LogP contribution in [0.4, 0.5) is 5.69 Å². The fourth-order valence-electron chi connectivity index (χ4n) is 10.7. The minimum Gasteiger partial charge on any atom is -0.508 e. The molecule has 3 fully saturated rings. The molecule has 68 heavy (non-hydrogen) atoms. The van der Waals surface area contributed by atoms with Gasteiger partial charge in [-0.1, -0.05) is 90.7 Å². The Bertz CT molecular complexity index is 2820. The molecule has 346 valence electrons. The van der Waals surface area contributed by atoms with Gasteiger partial charge in [0.2, 0.25) is 18.6 Å². The van der Waals surface area contributed by atoms with Gasteiger partial charge in [0.05, 0.1) is 32.2 Å². The van der Waals surface area contributed by atoms with Gasteiger partial charge in [-0.05, 0) is 70.3 Å². The molecular formula is C53H48N4O11. The van der Waals surface area contributed by atoms with Crippen molar-refractivity contribution >= 4 is 35.4 Å². The Hall–Kier alpha value is -7.67. The van der Waals surface area contributed by atoms with E-state index in [9.17, 15) is 14.7 Å². The van der Waals surface area contributed by atoms with Gasteiger partial charge in [0, 0.05) is 50.4 Å². The summed E-state index contributed by atoms with van der Waals surface area (Å²) < 4.78 is 27.4. The largest absolute Gasteiger partial charge is 0.508 e. The number of hydrogen-bond donors (Lipinski definition) is 2. The number of esters is 3. The number of phenolic OH excluding ortho intramolecular Hbond substituents is 1. The summed E-state index contributed by atoms with van der Waals surface area (Å²) >= 11 is 0. The quantitative estimate of drug-likeness (QED) is 0.0830. The third kappa shape index (κ3) is 7.65. The topological polar surface area (TPSA) is 173 Å². The highest BCUT2D eigenvalue weighted by Gasteiger charge is 2.74. The lowest BCUT2D eigenvalue weighted by Crippen LogP contribution is -2.58. The van der Waals surface area contributed by atoms with Crippen LogP contribution in [-0.4, -0.2) is 103 Å². The molecule has 6 unspecified atom stereocenters. The Balaban J connectivity index is 1.12. The second-order valence-corrected chi connectivity index (χ2v) is 17.5. The van der Waals surface area contributed by atoms with Gasteiger partial charge in [-0.15, -0.1) is 0 Å². The molecule has 0 aromatic heterocycles. The number of ether oxygens (including phenoxy) is 5. The number of anilines is 1. The summed E-state index contributed by atoms with van der Waals surface area (Å²) in [5, 5.41) is 13.8. The van der Waals surface area contributed by atoms with Crippen LogP contribution in [0.25, 0.3) is 0 Å². The van der Waals surface area contributed by atoms with Crippen LogP contribution in [0.3, 0.4) is 0 Å². The lowest BCUT2D eigenvalue weighted by molar-refractivity contribution is -0.179. The fourth-order valence-corrected chi connectivity index (χ4v) is 10.7. The van der Waals surface area contributed by atoms with E-state index in [0.29, 0.717) is 66.6 Å². The summed E-state index contributed by atoms with van der Waals surface area (Å²) in [6.45, 7) is 2.45. The first-order valence-corrected chi connectivity index (χ1v) is 22.5. The Morgan fingerprint density at radius 2 is 1.46 bits per heavy atom. The zero-order valence-corrected chi connectivity index (χ0v) is 37.3. The zero-order chi connectivity index (χ0) is 47.1. The van der Waals surface area contributed by atoms with E-state index in [2.05, 4.69) is 22.1 Å². The van der Waals surface area contributed by atoms with Gasteiger partial charge in [0.15, 0.2) is 17.4 Å². The normalized spacial score (nSPS) is 23.8. The number of carbonyl (C=O) groups is 5. The van der Waals surface area contributed by atoms with E-state index in [1.54, 1.807) is 35.2 Å². The molecule has 5 aliphatic heterocycles. The van der Waals surface area contributed by atoms with Gasteiger partial charge in [-0.3, -0.25) is 33.8 Å². The maximum atomic E-state index is 16.0. The first-order chi connectivity index (χ1) is 33.1. The van der Waals surface area contributed by atoms with E-state index in [1.165, 1.54) is 26.4 Å². The highest BCUT2D eigenvalue weighted by Crippen LogP contribution is 2.65. The number of nitrogens with one attached hydrogen (secondary N) is 1. The van der Waals surface area contributed by atoms with Crippen LogP contribution in [-0.2, 0) is 50.1 Å². The molecule has 15 heteroatoms. The first kappa shape index (κ1) is 44.2. The molecule has 15 nitrogen and oxygen atoms in total. The monoisotopic (exact) mass is 916 g/mol. The Kier molecular flexibility index (Phi) is 11.8. The van der Waals surface area contributed by atoms with Gasteiger partial charge in [0.25, 0.3) is 0 Å². The summed E-state index contributed by atoms with van der Waals surface area (Å²) in [6, 6.07) is 33.6. The molecule has 5 aromatic carbocycles. The molecule has 5 aromatic rings. The van der Waals surface area contributed by atoms with Crippen LogP contribution in [0, 0.1) is 23.7 Å². The van der Waals surface area contributed by atoms with Crippen LogP contribution < -0.4 is 14.8 Å². The van der Waals surface area contributed by atoms with E-state index >= 15 is 14.4 Å². The molecular weight excluding hydrogens is 869 g/mol. The van der Waals surface area contributed by atoms with Crippen molar-refractivity contribution in [1.29, 1.82) is 0 Å². The number of carbonyl (C=O) groups excluding carboxylic acids is 5. The van der Waals surface area contributed by atoms with Crippen molar-refractivity contribution in [2.24, 2.45) is 11.8 Å². The van der Waals surface area contributed by atoms with E-state index in [1.807, 2.05) is 83.8 Å². The van der Waals surface area contributed by atoms with Crippen molar-refractivity contribution in [1.82, 2.24) is 14.7 Å². The number of aromatic hydroxyl groups is 1. The number of methoxy groups -OCH3 is 2. The minimum absolute atomic E-state index is 0.00512. The third-order valence-electron chi connectivity index (χ3n) is 13.8. The average Bonchev–Trinajstić information content (AvgIpc) is 4.05. The predicted octanol–water partition coefficient (Wildman–Crippen LogP) is 5.44. The molecule has 0 saturated carbocycles. The number of fused-ring (bicyclic) bond motifs is 4. The summed E-state index contributed by atoms with van der Waals surface area (Å²) in [7, 11) is 2.35. The number of phenols is 1. The lowest BCUT2D eigenvalue weighted by atomic mass is 9.65. The van der Waals surface area contributed by atoms with Crippen LogP contribution >= 0.6 is 0 Å². The SMILES string of the molecule is COC(=O)C(CC#Cc1ccc2c(c1)C1(C(=O)N2)C(C(=O)N2CCN(Cc3ccc4c(c3)OCO4)CC2)C2C(=O)OC(c3ccccc3)C(c3ccccc3)N2C1c1ccc(O)cc1)C(=O)OC. The molecule has 0 radical (unpaired) electrons. The summed E-state index contributed by atoms with van der Waals surface area (Å²) in [5.41, 5.74) is 2.65. The van der Waals surface area contributed by atoms with Crippen LogP contribution in [0.2, 0.25) is 0 Å². The van der Waals surface area contributed by atoms with Gasteiger partial charge in [-0.25, -0.2) is 0 Å². The number of nitrogens with zero attached hydrogens (tertiary/aromatic N) is 3. The number of amides is 2. The smallest absolute Gasteiger partial charge is 0.324 e. The maximum absolute atomic E-state index is 16.0. The minimum atomic E-state index is -1.78. The zero-order valence-electron chi connectivity index (χ0n) is 37.3. The van der Waals surface area contributed by atoms with Crippen molar-refractivity contribution in [3.05, 3.63) is 155 Å². The van der Waals surface area contributed by atoms with Crippen molar-refractivity contribution in [3.63, 3.8) is 0 Å². The van der Waals surface area contributed by atoms with E-state index in [4.69, 9.17) is 23.7 Å². The highest BCUT2D eigenvalue weighted by atomic mass is 16.7. The molecule has 1 spiro atoms. The highest BCUT2D eigenvalue weighted by molar-refractivity contribution is 6.12. The summed E-state index contributed by atoms with van der Waals surface area (Å²) in [5.74, 6) is 1.65. The first-order valence-electron chi connectivity index (χ1n) is 22.5. The Labute approximate surface area is 392 Å². The van der Waals surface area contributed by atoms with E-state index < -0.39 is 65.3 Å². The van der Waals surface area contributed by atoms with Crippen molar-refractivity contribution in [3.8, 4) is 29.1 Å². The van der Waals surface area contributed by atoms with Crippen LogP contribution in [0.1, 0.15) is 58.0 Å². The van der Waals surface area contributed by atoms with Crippen molar-refractivity contribution in [2.75, 3.05) is 52.5 Å². The number of piperazine rings is 1. The summed E-state index contributed by atoms with van der Waals surface area (Å²) in [6.07, 6.45) is -1.07. The molecule has 6 atom stereocenters. The second kappa shape index (κ2) is 18.2. The second-order valence-electron chi connectivity index (χ2n) is 17.5. The Morgan fingerprint density at radius 1 is 0.779 bits per heavy atom. The molecule has 2 amide bonds. The van der Waals surface area contributed by atoms with E-state index in [0.717, 1.165) is 16.7 Å². The number of hydrogen-bond acceptors (Lipinski definition) is 13. The van der Waals surface area contributed by atoms with Crippen LogP contribution in [0.5, 0.6) is 17.2 Å². The van der Waals surface area contributed by atoms with Crippen LogP contribution in [0.15, 0.2) is 121 Å². The van der Waals surface area contributed by atoms with Gasteiger partial charge in [0.1, 0.15) is 23.3 Å². The molecule has 5 aliphatic rings. The third-order valence-corrected chi connectivity index (χ3v) is 13.8. The average molecular weight is 917 g/mol. The molecule has 0 aliphatic carbocycles. The van der Waals surface area contributed by atoms with Gasteiger partial charge >= 0.3 is 17.9 Å². The molecule has 3 saturated heterocycles. The standard InChI is InChI=1S/C53H48N4O11/c1-64-49(60)38(50(61)65-2)15-9-10-32-16-22-40-39(28-32)53(52(63)54-40)43(48(59)56-26-24-55(25-27-56)30-33-17-23-41-42(29-33)67-31-66-41)45-51(62)68-46(35-13-7-4-8-14-35)44(34-11-5-3-6-12-34)57(45)47(53)36-18-20-37(58)21-19-36/h3-8,11-14,16-23,28-29,38,43-47,58H,15,24-27,30-31H2,1-2H3,(H,54,63). The maximum Gasteiger partial charge on any atom is 0.324 e. The van der Waals surface area contributed by atoms with Crippen molar-refractivity contribution < 1.29 is 52.8 Å². The number of benzene rings is 5. The van der Waals surface area contributed by atoms with Gasteiger partial charge < -0.3 is 39.0 Å². The number of cyclic esters (lactones) is 1. The number of morpholine rings is 1. The lowest BCUT2D eigenvalue weighted by Gasteiger charge is -2.46. The van der Waals surface area contributed by atoms with Crippen molar-refractivity contribution in [2.45, 2.75) is 42.6 Å². The summed E-state index contributed by atoms with van der Waals surface area (Å²) in [4.78, 5) is 77.9.